The minimum absolute atomic E-state index is 0.212. The molecule has 3 heterocycles. The Bertz CT molecular complexity index is 838. The lowest BCUT2D eigenvalue weighted by Crippen LogP contribution is -2.53. The van der Waals surface area contributed by atoms with E-state index < -0.39 is 5.54 Å². The summed E-state index contributed by atoms with van der Waals surface area (Å²) in [6.07, 6.45) is 5.02. The summed E-state index contributed by atoms with van der Waals surface area (Å²) < 4.78 is 11.3. The second kappa shape index (κ2) is 7.89. The van der Waals surface area contributed by atoms with Gasteiger partial charge in [-0.05, 0) is 32.9 Å². The Morgan fingerprint density at radius 1 is 1.26 bits per heavy atom. The van der Waals surface area contributed by atoms with Crippen molar-refractivity contribution in [2.45, 2.75) is 32.9 Å². The van der Waals surface area contributed by atoms with Gasteiger partial charge in [-0.3, -0.25) is 9.98 Å². The summed E-state index contributed by atoms with van der Waals surface area (Å²) in [6.45, 7) is 5.72. The third-order valence-corrected chi connectivity index (χ3v) is 4.69. The predicted octanol–water partition coefficient (Wildman–Crippen LogP) is 1.80. The monoisotopic (exact) mass is 372 g/mol. The average Bonchev–Trinajstić information content (AvgIpc) is 3.07. The van der Waals surface area contributed by atoms with Gasteiger partial charge in [0.25, 0.3) is 0 Å². The molecule has 8 heteroatoms. The Morgan fingerprint density at radius 3 is 2.70 bits per heavy atom. The van der Waals surface area contributed by atoms with E-state index in [9.17, 15) is 10.2 Å². The summed E-state index contributed by atoms with van der Waals surface area (Å²) in [5.41, 5.74) is 2.40. The summed E-state index contributed by atoms with van der Waals surface area (Å²) in [5, 5.41) is 23.6. The van der Waals surface area contributed by atoms with Gasteiger partial charge in [-0.2, -0.15) is 0 Å². The normalized spacial score (nSPS) is 14.4. The molecule has 2 aromatic rings. The van der Waals surface area contributed by atoms with E-state index in [1.165, 1.54) is 0 Å². The quantitative estimate of drug-likeness (QED) is 0.763. The highest BCUT2D eigenvalue weighted by Gasteiger charge is 2.34. The summed E-state index contributed by atoms with van der Waals surface area (Å²) in [6, 6.07) is 3.85. The van der Waals surface area contributed by atoms with Crippen molar-refractivity contribution in [2.75, 3.05) is 19.8 Å². The molecule has 1 aliphatic heterocycles. The van der Waals surface area contributed by atoms with E-state index >= 15 is 0 Å². The number of aryl methyl sites for hydroxylation is 2. The van der Waals surface area contributed by atoms with Gasteiger partial charge >= 0.3 is 0 Å². The van der Waals surface area contributed by atoms with Gasteiger partial charge in [-0.15, -0.1) is 0 Å². The third kappa shape index (κ3) is 3.86. The fraction of sp³-hybridized carbons (Fsp3) is 0.421. The topological polar surface area (TPSA) is 104 Å². The number of nitrogens with zero attached hydrogens (tertiary/aromatic N) is 4. The van der Waals surface area contributed by atoms with E-state index in [-0.39, 0.29) is 19.8 Å². The van der Waals surface area contributed by atoms with Crippen molar-refractivity contribution in [1.82, 2.24) is 15.0 Å². The van der Waals surface area contributed by atoms with Gasteiger partial charge in [0.1, 0.15) is 18.1 Å². The fourth-order valence-corrected chi connectivity index (χ4v) is 2.77. The van der Waals surface area contributed by atoms with Crippen LogP contribution in [0.1, 0.15) is 23.9 Å². The van der Waals surface area contributed by atoms with Crippen LogP contribution in [0.5, 0.6) is 0 Å². The van der Waals surface area contributed by atoms with E-state index in [1.54, 1.807) is 30.4 Å². The fourth-order valence-electron chi connectivity index (χ4n) is 2.77. The highest BCUT2D eigenvalue weighted by molar-refractivity contribution is 5.63. The second-order valence-corrected chi connectivity index (χ2v) is 6.77. The Morgan fingerprint density at radius 2 is 2.04 bits per heavy atom. The van der Waals surface area contributed by atoms with Crippen LogP contribution in [-0.4, -0.2) is 56.8 Å². The summed E-state index contributed by atoms with van der Waals surface area (Å²) in [7, 11) is 0. The molecule has 144 valence electrons. The minimum Gasteiger partial charge on any atom is -0.473 e. The molecule has 0 aliphatic carbocycles. The predicted molar refractivity (Wildman–Crippen MR) is 99.9 cm³/mol. The lowest BCUT2D eigenvalue weighted by atomic mass is 10.0. The van der Waals surface area contributed by atoms with E-state index in [1.807, 2.05) is 26.0 Å². The van der Waals surface area contributed by atoms with Gasteiger partial charge in [0.15, 0.2) is 0 Å². The first-order valence-electron chi connectivity index (χ1n) is 8.70. The van der Waals surface area contributed by atoms with Gasteiger partial charge in [-0.1, -0.05) is 5.16 Å². The second-order valence-electron chi connectivity index (χ2n) is 6.77. The van der Waals surface area contributed by atoms with Crippen molar-refractivity contribution in [3.8, 4) is 11.3 Å². The summed E-state index contributed by atoms with van der Waals surface area (Å²) in [4.78, 5) is 10.2. The molecule has 0 atom stereocenters. The summed E-state index contributed by atoms with van der Waals surface area (Å²) >= 11 is 0. The molecule has 0 amide bonds. The van der Waals surface area contributed by atoms with Crippen LogP contribution in [-0.2, 0) is 11.3 Å². The van der Waals surface area contributed by atoms with E-state index in [2.05, 4.69) is 15.1 Å². The van der Waals surface area contributed by atoms with Crippen molar-refractivity contribution in [2.24, 2.45) is 4.99 Å². The molecule has 0 saturated heterocycles. The maximum absolute atomic E-state index is 9.71. The molecule has 0 spiro atoms. The first-order chi connectivity index (χ1) is 13.0. The molecule has 0 fully saturated rings. The summed E-state index contributed by atoms with van der Waals surface area (Å²) in [5.74, 6) is 1.13. The number of aliphatic hydroxyl groups is 2. The Balaban J connectivity index is 1.82. The lowest BCUT2D eigenvalue weighted by molar-refractivity contribution is -0.0185. The average molecular weight is 372 g/mol. The molecule has 2 N–H and O–H groups in total. The first kappa shape index (κ1) is 19.1. The van der Waals surface area contributed by atoms with Crippen molar-refractivity contribution in [1.29, 1.82) is 0 Å². The molecule has 0 aromatic carbocycles. The molecule has 0 unspecified atom stereocenters. The van der Waals surface area contributed by atoms with Crippen LogP contribution in [0.3, 0.4) is 0 Å². The van der Waals surface area contributed by atoms with Crippen molar-refractivity contribution in [3.63, 3.8) is 0 Å². The van der Waals surface area contributed by atoms with Gasteiger partial charge in [-0.25, -0.2) is 0 Å². The number of aliphatic hydroxyl groups excluding tert-OH is 2. The number of rotatable bonds is 7. The smallest absolute Gasteiger partial charge is 0.209 e. The van der Waals surface area contributed by atoms with Crippen LogP contribution >= 0.6 is 0 Å². The zero-order valence-corrected chi connectivity index (χ0v) is 15.7. The maximum Gasteiger partial charge on any atom is 0.209 e. The van der Waals surface area contributed by atoms with Crippen LogP contribution in [0.4, 0.5) is 0 Å². The SMILES string of the molecule is Cc1ccc(-c2noc(C)c2COC2=CN=CCN2C(C)(CO)CO)cn1. The number of ether oxygens (including phenoxy) is 1. The Hall–Kier alpha value is -2.71. The van der Waals surface area contributed by atoms with E-state index in [0.29, 0.717) is 23.9 Å². The third-order valence-electron chi connectivity index (χ3n) is 4.69. The van der Waals surface area contributed by atoms with Crippen molar-refractivity contribution in [3.05, 3.63) is 47.4 Å². The van der Waals surface area contributed by atoms with E-state index in [0.717, 1.165) is 16.8 Å². The molecule has 27 heavy (non-hydrogen) atoms. The van der Waals surface area contributed by atoms with Gasteiger partial charge in [0, 0.05) is 23.7 Å². The largest absolute Gasteiger partial charge is 0.473 e. The number of pyridine rings is 1. The first-order valence-corrected chi connectivity index (χ1v) is 8.70. The molecular formula is C19H24N4O4. The van der Waals surface area contributed by atoms with Crippen LogP contribution in [0.15, 0.2) is 39.9 Å². The molecule has 2 aromatic heterocycles. The van der Waals surface area contributed by atoms with Crippen LogP contribution < -0.4 is 0 Å². The molecule has 1 aliphatic rings. The van der Waals surface area contributed by atoms with E-state index in [4.69, 9.17) is 9.26 Å². The zero-order chi connectivity index (χ0) is 19.4. The number of aromatic nitrogens is 2. The molecule has 3 rings (SSSR count). The van der Waals surface area contributed by atoms with Crippen LogP contribution in [0.25, 0.3) is 11.3 Å². The molecule has 8 nitrogen and oxygen atoms in total. The van der Waals surface area contributed by atoms with Crippen molar-refractivity contribution >= 4 is 6.21 Å². The standard InChI is InChI=1S/C19H24N4O4/c1-13-4-5-15(8-21-13)18-16(14(2)27-22-18)10-26-17-9-20-6-7-23(17)19(3,11-24)12-25/h4-6,8-9,24-25H,7,10-12H2,1-3H3. The van der Waals surface area contributed by atoms with Crippen molar-refractivity contribution < 1.29 is 19.5 Å². The highest BCUT2D eigenvalue weighted by atomic mass is 16.5. The zero-order valence-electron chi connectivity index (χ0n) is 15.7. The van der Waals surface area contributed by atoms with Crippen LogP contribution in [0.2, 0.25) is 0 Å². The Kier molecular flexibility index (Phi) is 5.57. The lowest BCUT2D eigenvalue weighted by Gasteiger charge is -2.41. The molecule has 0 saturated carbocycles. The van der Waals surface area contributed by atoms with Crippen LogP contribution in [0, 0.1) is 13.8 Å². The minimum atomic E-state index is -0.855. The molecular weight excluding hydrogens is 348 g/mol. The van der Waals surface area contributed by atoms with Gasteiger partial charge < -0.3 is 24.4 Å². The maximum atomic E-state index is 9.71. The van der Waals surface area contributed by atoms with Gasteiger partial charge in [0.05, 0.1) is 37.1 Å². The molecule has 0 bridgehead atoms. The number of hydrogen-bond acceptors (Lipinski definition) is 8. The number of hydrogen-bond donors (Lipinski definition) is 2. The highest BCUT2D eigenvalue weighted by Crippen LogP contribution is 2.28. The Labute approximate surface area is 157 Å². The van der Waals surface area contributed by atoms with Gasteiger partial charge in [0.2, 0.25) is 5.88 Å². The number of aliphatic imine (C=N–C) groups is 1. The molecule has 0 radical (unpaired) electrons.